The Morgan fingerprint density at radius 1 is 0.421 bits per heavy atom. The van der Waals surface area contributed by atoms with Crippen molar-refractivity contribution in [1.82, 2.24) is 5.32 Å². The Hall–Kier alpha value is -3.47. The van der Waals surface area contributed by atoms with Crippen molar-refractivity contribution < 1.29 is 15.0 Å². The summed E-state index contributed by atoms with van der Waals surface area (Å²) in [7, 11) is 0. The van der Waals surface area contributed by atoms with Crippen LogP contribution in [0.1, 0.15) is 174 Å². The predicted molar refractivity (Wildman–Crippen MR) is 252 cm³/mol. The zero-order valence-electron chi connectivity index (χ0n) is 36.5. The van der Waals surface area contributed by atoms with Gasteiger partial charge in [-0.1, -0.05) is 199 Å². The summed E-state index contributed by atoms with van der Waals surface area (Å²) in [6.07, 6.45) is 74.3. The summed E-state index contributed by atoms with van der Waals surface area (Å²) in [6, 6.07) is -0.655. The van der Waals surface area contributed by atoms with Crippen molar-refractivity contribution in [3.8, 4) is 0 Å². The van der Waals surface area contributed by atoms with Crippen LogP contribution in [0.4, 0.5) is 0 Å². The highest BCUT2D eigenvalue weighted by Crippen LogP contribution is 2.13. The molecule has 0 saturated heterocycles. The normalized spacial score (nSPS) is 14.2. The molecule has 0 aliphatic carbocycles. The van der Waals surface area contributed by atoms with Gasteiger partial charge in [-0.25, -0.2) is 0 Å². The molecule has 3 N–H and O–H groups in total. The molecule has 0 aliphatic rings. The van der Waals surface area contributed by atoms with Crippen molar-refractivity contribution in [2.45, 2.75) is 187 Å². The predicted octanol–water partition coefficient (Wildman–Crippen LogP) is 14.7. The Kier molecular flexibility index (Phi) is 44.1. The molecule has 0 radical (unpaired) electrons. The lowest BCUT2D eigenvalue weighted by molar-refractivity contribution is -0.123. The molecule has 0 saturated carbocycles. The Labute approximate surface area is 351 Å². The molecule has 0 aliphatic heterocycles. The van der Waals surface area contributed by atoms with Crippen molar-refractivity contribution >= 4 is 5.91 Å². The molecule has 0 spiro atoms. The minimum atomic E-state index is -0.878. The van der Waals surface area contributed by atoms with Crippen LogP contribution in [-0.4, -0.2) is 34.9 Å². The van der Waals surface area contributed by atoms with Gasteiger partial charge in [0.2, 0.25) is 5.91 Å². The lowest BCUT2D eigenvalue weighted by atomic mass is 10.0. The Morgan fingerprint density at radius 2 is 0.737 bits per heavy atom. The van der Waals surface area contributed by atoms with Gasteiger partial charge in [-0.05, 0) is 103 Å². The van der Waals surface area contributed by atoms with Crippen LogP contribution in [0.3, 0.4) is 0 Å². The summed E-state index contributed by atoms with van der Waals surface area (Å²) in [4.78, 5) is 12.4. The molecule has 320 valence electrons. The number of allylic oxidation sites excluding steroid dienone is 21. The first-order valence-electron chi connectivity index (χ1n) is 22.9. The quantitative estimate of drug-likeness (QED) is 0.0429. The van der Waals surface area contributed by atoms with Crippen molar-refractivity contribution in [2.75, 3.05) is 6.61 Å². The van der Waals surface area contributed by atoms with E-state index in [1.165, 1.54) is 51.4 Å². The lowest BCUT2D eigenvalue weighted by Crippen LogP contribution is -2.45. The van der Waals surface area contributed by atoms with Crippen LogP contribution < -0.4 is 5.32 Å². The number of aliphatic hydroxyl groups excluding tert-OH is 2. The summed E-state index contributed by atoms with van der Waals surface area (Å²) in [5.41, 5.74) is 0. The molecule has 0 rings (SSSR count). The number of nitrogens with one attached hydrogen (secondary N) is 1. The monoisotopic (exact) mass is 784 g/mol. The largest absolute Gasteiger partial charge is 0.394 e. The second-order valence-corrected chi connectivity index (χ2v) is 14.7. The molecule has 0 aromatic rings. The first kappa shape index (κ1) is 53.5. The molecule has 0 aromatic heterocycles. The molecule has 0 heterocycles. The molecule has 0 fully saturated rings. The van der Waals surface area contributed by atoms with Crippen LogP contribution in [0.2, 0.25) is 0 Å². The fourth-order valence-electron chi connectivity index (χ4n) is 5.94. The summed E-state index contributed by atoms with van der Waals surface area (Å²) >= 11 is 0. The van der Waals surface area contributed by atoms with Crippen LogP contribution in [0.15, 0.2) is 134 Å². The summed E-state index contributed by atoms with van der Waals surface area (Å²) in [6.45, 7) is 4.03. The fourth-order valence-corrected chi connectivity index (χ4v) is 5.94. The first-order valence-corrected chi connectivity index (χ1v) is 22.9. The van der Waals surface area contributed by atoms with Gasteiger partial charge < -0.3 is 15.5 Å². The Bertz CT molecular complexity index is 1210. The van der Waals surface area contributed by atoms with Gasteiger partial charge in [0.05, 0.1) is 18.8 Å². The number of aliphatic hydroxyl groups is 2. The van der Waals surface area contributed by atoms with Gasteiger partial charge in [0.15, 0.2) is 0 Å². The van der Waals surface area contributed by atoms with Crippen LogP contribution in [0, 0.1) is 0 Å². The molecule has 4 heteroatoms. The van der Waals surface area contributed by atoms with E-state index in [1.54, 1.807) is 6.08 Å². The van der Waals surface area contributed by atoms with Gasteiger partial charge in [0.1, 0.15) is 0 Å². The number of rotatable bonds is 39. The minimum Gasteiger partial charge on any atom is -0.394 e. The SMILES string of the molecule is CC/C=C\C/C=C\C/C=C\C/C=C\C/C=C\C/C=C\C/C=C\C/C=C\CCCCCCCCCCCCC(=O)NC(CO)C(O)/C=C/CC/C=C/CC/C=C/CC. The number of amides is 1. The minimum absolute atomic E-state index is 0.0929. The van der Waals surface area contributed by atoms with E-state index in [0.29, 0.717) is 6.42 Å². The van der Waals surface area contributed by atoms with Crippen LogP contribution in [0.5, 0.6) is 0 Å². The van der Waals surface area contributed by atoms with E-state index in [0.717, 1.165) is 103 Å². The summed E-state index contributed by atoms with van der Waals surface area (Å²) in [5, 5.41) is 22.9. The average molecular weight is 784 g/mol. The van der Waals surface area contributed by atoms with Gasteiger partial charge in [0, 0.05) is 6.42 Å². The van der Waals surface area contributed by atoms with Crippen molar-refractivity contribution in [2.24, 2.45) is 0 Å². The molecule has 2 atom stereocenters. The van der Waals surface area contributed by atoms with E-state index >= 15 is 0 Å². The number of hydrogen-bond acceptors (Lipinski definition) is 3. The zero-order chi connectivity index (χ0) is 41.4. The maximum Gasteiger partial charge on any atom is 0.220 e. The van der Waals surface area contributed by atoms with Crippen molar-refractivity contribution in [3.63, 3.8) is 0 Å². The van der Waals surface area contributed by atoms with E-state index in [1.807, 2.05) is 6.08 Å². The topological polar surface area (TPSA) is 69.6 Å². The molecule has 2 unspecified atom stereocenters. The molecule has 1 amide bonds. The fraction of sp³-hybridized carbons (Fsp3) is 0.566. The third-order valence-corrected chi connectivity index (χ3v) is 9.36. The zero-order valence-corrected chi connectivity index (χ0v) is 36.5. The number of carbonyl (C=O) groups is 1. The van der Waals surface area contributed by atoms with Gasteiger partial charge in [-0.15, -0.1) is 0 Å². The maximum atomic E-state index is 12.4. The van der Waals surface area contributed by atoms with E-state index in [4.69, 9.17) is 0 Å². The molecule has 0 aromatic carbocycles. The van der Waals surface area contributed by atoms with E-state index < -0.39 is 12.1 Å². The standard InChI is InChI=1S/C53H85NO3/c1-3-5-7-9-11-13-15-16-17-18-19-20-21-22-23-24-25-26-27-28-29-30-31-32-33-34-35-36-37-38-39-41-43-45-47-49-53(57)54-51(50-55)52(56)48-46-44-42-40-14-12-10-8-6-4-2/h5-8,11,13-14,16-17,19-20,22-23,25-26,28-29,31-32,40,46,48,51-52,55-56H,3-4,9-10,12,15,18,21,24,27,30,33-39,41-45,47,49-50H2,1-2H3,(H,54,57)/b7-5-,8-6+,13-11-,17-16-,20-19-,23-22-,26-25-,29-28-,32-31-,40-14+,48-46+. The summed E-state index contributed by atoms with van der Waals surface area (Å²) < 4.78 is 0. The highest BCUT2D eigenvalue weighted by Gasteiger charge is 2.17. The molecule has 57 heavy (non-hydrogen) atoms. The first-order chi connectivity index (χ1) is 28.2. The van der Waals surface area contributed by atoms with E-state index in [9.17, 15) is 15.0 Å². The van der Waals surface area contributed by atoms with Crippen LogP contribution >= 0.6 is 0 Å². The number of unbranched alkanes of at least 4 members (excludes halogenated alkanes) is 12. The van der Waals surface area contributed by atoms with E-state index in [2.05, 4.69) is 141 Å². The van der Waals surface area contributed by atoms with Gasteiger partial charge in [-0.2, -0.15) is 0 Å². The summed E-state index contributed by atoms with van der Waals surface area (Å²) in [5.74, 6) is -0.0929. The van der Waals surface area contributed by atoms with Crippen molar-refractivity contribution in [1.29, 1.82) is 0 Å². The van der Waals surface area contributed by atoms with Crippen LogP contribution in [-0.2, 0) is 4.79 Å². The Morgan fingerprint density at radius 3 is 1.16 bits per heavy atom. The molecule has 4 nitrogen and oxygen atoms in total. The number of hydrogen-bond donors (Lipinski definition) is 3. The second-order valence-electron chi connectivity index (χ2n) is 14.7. The van der Waals surface area contributed by atoms with E-state index in [-0.39, 0.29) is 12.5 Å². The molecular formula is C53H85NO3. The highest BCUT2D eigenvalue weighted by atomic mass is 16.3. The van der Waals surface area contributed by atoms with Crippen molar-refractivity contribution in [3.05, 3.63) is 134 Å². The lowest BCUT2D eigenvalue weighted by Gasteiger charge is -2.19. The highest BCUT2D eigenvalue weighted by molar-refractivity contribution is 5.76. The third-order valence-electron chi connectivity index (χ3n) is 9.36. The second kappa shape index (κ2) is 46.9. The Balaban J connectivity index is 3.63. The van der Waals surface area contributed by atoms with Gasteiger partial charge >= 0.3 is 0 Å². The third kappa shape index (κ3) is 43.5. The smallest absolute Gasteiger partial charge is 0.220 e. The average Bonchev–Trinajstić information content (AvgIpc) is 3.22. The van der Waals surface area contributed by atoms with Gasteiger partial charge in [-0.3, -0.25) is 4.79 Å². The van der Waals surface area contributed by atoms with Gasteiger partial charge in [0.25, 0.3) is 0 Å². The maximum absolute atomic E-state index is 12.4. The number of carbonyl (C=O) groups excluding carboxylic acids is 1. The molecular weight excluding hydrogens is 699 g/mol. The van der Waals surface area contributed by atoms with Crippen LogP contribution in [0.25, 0.3) is 0 Å². The molecule has 0 bridgehead atoms.